The Bertz CT molecular complexity index is 1040. The van der Waals surface area contributed by atoms with Gasteiger partial charge in [0.1, 0.15) is 22.8 Å². The third kappa shape index (κ3) is 6.54. The number of amides is 1. The molecule has 33 heavy (non-hydrogen) atoms. The number of nitrogens with zero attached hydrogens (tertiary/aromatic N) is 3. The Labute approximate surface area is 202 Å². The lowest BCUT2D eigenvalue weighted by Gasteiger charge is -2.27. The van der Waals surface area contributed by atoms with Crippen LogP contribution in [-0.2, 0) is 9.53 Å². The molecule has 1 aliphatic rings. The number of methoxy groups -OCH3 is 1. The first-order valence-corrected chi connectivity index (χ1v) is 11.4. The second kappa shape index (κ2) is 12.1. The molecular weight excluding hydrogens is 469 g/mol. The summed E-state index contributed by atoms with van der Waals surface area (Å²) in [7, 11) is 1.59. The molecule has 178 valence electrons. The predicted octanol–water partition coefficient (Wildman–Crippen LogP) is 4.00. The van der Waals surface area contributed by atoms with E-state index in [0.717, 1.165) is 39.3 Å². The Kier molecular flexibility index (Phi) is 9.25. The summed E-state index contributed by atoms with van der Waals surface area (Å²) in [6.45, 7) is 4.43. The smallest absolute Gasteiger partial charge is 0.266 e. The summed E-state index contributed by atoms with van der Waals surface area (Å²) < 4.78 is 31.1. The maximum atomic E-state index is 14.2. The summed E-state index contributed by atoms with van der Waals surface area (Å²) in [6.07, 6.45) is 0.771. The number of rotatable bonds is 9. The molecule has 0 aliphatic carbocycles. The van der Waals surface area contributed by atoms with Gasteiger partial charge >= 0.3 is 0 Å². The van der Waals surface area contributed by atoms with Crippen LogP contribution in [-0.4, -0.2) is 68.9 Å². The molecule has 0 N–H and O–H groups in total. The molecule has 1 aliphatic heterocycles. The summed E-state index contributed by atoms with van der Waals surface area (Å²) in [5.74, 6) is 0.676. The van der Waals surface area contributed by atoms with E-state index in [1.165, 1.54) is 17.4 Å². The highest BCUT2D eigenvalue weighted by atomic mass is 35.5. The summed E-state index contributed by atoms with van der Waals surface area (Å²) in [5.41, 5.74) is 0.287. The van der Waals surface area contributed by atoms with Gasteiger partial charge in [0.2, 0.25) is 0 Å². The van der Waals surface area contributed by atoms with Crippen LogP contribution in [0.15, 0.2) is 42.5 Å². The van der Waals surface area contributed by atoms with Crippen LogP contribution < -0.4 is 14.4 Å². The number of ether oxygens (including phenoxy) is 3. The largest absolute Gasteiger partial charge is 0.497 e. The van der Waals surface area contributed by atoms with Crippen molar-refractivity contribution in [2.24, 2.45) is 0 Å². The Morgan fingerprint density at radius 3 is 2.61 bits per heavy atom. The normalized spacial score (nSPS) is 14.0. The van der Waals surface area contributed by atoms with E-state index in [4.69, 9.17) is 14.2 Å². The highest BCUT2D eigenvalue weighted by Gasteiger charge is 2.22. The maximum absolute atomic E-state index is 14.2. The third-order valence-electron chi connectivity index (χ3n) is 5.27. The van der Waals surface area contributed by atoms with Crippen molar-refractivity contribution in [1.82, 2.24) is 9.88 Å². The van der Waals surface area contributed by atoms with Crippen molar-refractivity contribution in [3.8, 4) is 11.5 Å². The second-order valence-electron chi connectivity index (χ2n) is 7.40. The molecule has 2 aromatic carbocycles. The van der Waals surface area contributed by atoms with Gasteiger partial charge in [0.05, 0.1) is 25.0 Å². The van der Waals surface area contributed by atoms with Crippen molar-refractivity contribution in [3.05, 3.63) is 48.3 Å². The van der Waals surface area contributed by atoms with Crippen molar-refractivity contribution in [1.29, 1.82) is 0 Å². The molecule has 10 heteroatoms. The van der Waals surface area contributed by atoms with Crippen LogP contribution >= 0.6 is 23.7 Å². The van der Waals surface area contributed by atoms with Crippen LogP contribution in [0.2, 0.25) is 0 Å². The third-order valence-corrected chi connectivity index (χ3v) is 6.32. The fourth-order valence-corrected chi connectivity index (χ4v) is 4.54. The number of morpholine rings is 1. The van der Waals surface area contributed by atoms with Gasteiger partial charge in [-0.3, -0.25) is 14.6 Å². The molecular formula is C23H27ClFN3O4S. The molecule has 1 saturated heterocycles. The Morgan fingerprint density at radius 2 is 1.91 bits per heavy atom. The molecule has 4 rings (SSSR count). The lowest BCUT2D eigenvalue weighted by atomic mass is 10.3. The van der Waals surface area contributed by atoms with E-state index in [9.17, 15) is 9.18 Å². The van der Waals surface area contributed by atoms with Gasteiger partial charge in [-0.05, 0) is 42.8 Å². The van der Waals surface area contributed by atoms with Crippen molar-refractivity contribution >= 4 is 45.0 Å². The average molecular weight is 496 g/mol. The molecule has 1 fully saturated rings. The minimum atomic E-state index is -0.389. The van der Waals surface area contributed by atoms with Gasteiger partial charge in [0.25, 0.3) is 5.91 Å². The van der Waals surface area contributed by atoms with Gasteiger partial charge in [0, 0.05) is 26.2 Å². The molecule has 1 amide bonds. The molecule has 0 atom stereocenters. The molecule has 0 radical (unpaired) electrons. The van der Waals surface area contributed by atoms with Crippen LogP contribution in [0.25, 0.3) is 10.2 Å². The van der Waals surface area contributed by atoms with Gasteiger partial charge < -0.3 is 14.2 Å². The van der Waals surface area contributed by atoms with E-state index >= 15 is 0 Å². The van der Waals surface area contributed by atoms with E-state index in [-0.39, 0.29) is 36.3 Å². The number of hydrogen-bond acceptors (Lipinski definition) is 7. The standard InChI is InChI=1S/C23H26FN3O4S.ClH/c1-29-17-6-8-18(9-7-17)31-16-21(28)27(11-3-10-26-12-14-30-15-13-26)23-25-22-19(24)4-2-5-20(22)32-23;/h2,4-9H,3,10-16H2,1H3;1H. The van der Waals surface area contributed by atoms with Gasteiger partial charge in [-0.2, -0.15) is 0 Å². The number of halogens is 2. The Hall–Kier alpha value is -2.46. The van der Waals surface area contributed by atoms with E-state index in [2.05, 4.69) is 9.88 Å². The molecule has 2 heterocycles. The van der Waals surface area contributed by atoms with Gasteiger partial charge in [-0.15, -0.1) is 12.4 Å². The van der Waals surface area contributed by atoms with Crippen LogP contribution in [0, 0.1) is 5.82 Å². The first kappa shape index (κ1) is 25.2. The summed E-state index contributed by atoms with van der Waals surface area (Å²) >= 11 is 1.31. The van der Waals surface area contributed by atoms with Gasteiger partial charge in [-0.25, -0.2) is 9.37 Å². The van der Waals surface area contributed by atoms with Crippen molar-refractivity contribution in [2.75, 3.05) is 58.0 Å². The SMILES string of the molecule is COc1ccc(OCC(=O)N(CCCN2CCOCC2)c2nc3c(F)cccc3s2)cc1.Cl. The quantitative estimate of drug-likeness (QED) is 0.447. The van der Waals surface area contributed by atoms with Crippen LogP contribution in [0.3, 0.4) is 0 Å². The number of benzene rings is 2. The number of para-hydroxylation sites is 1. The molecule has 1 aromatic heterocycles. The monoisotopic (exact) mass is 495 g/mol. The number of anilines is 1. The zero-order chi connectivity index (χ0) is 22.3. The minimum Gasteiger partial charge on any atom is -0.497 e. The second-order valence-corrected chi connectivity index (χ2v) is 8.41. The molecule has 0 unspecified atom stereocenters. The molecule has 0 saturated carbocycles. The van der Waals surface area contributed by atoms with Crippen molar-refractivity contribution in [3.63, 3.8) is 0 Å². The summed E-state index contributed by atoms with van der Waals surface area (Å²) in [4.78, 5) is 21.4. The fourth-order valence-electron chi connectivity index (χ4n) is 3.52. The highest BCUT2D eigenvalue weighted by Crippen LogP contribution is 2.30. The lowest BCUT2D eigenvalue weighted by Crippen LogP contribution is -2.40. The molecule has 0 bridgehead atoms. The van der Waals surface area contributed by atoms with Crippen molar-refractivity contribution in [2.45, 2.75) is 6.42 Å². The number of carbonyl (C=O) groups excluding carboxylic acids is 1. The zero-order valence-electron chi connectivity index (χ0n) is 18.4. The lowest BCUT2D eigenvalue weighted by molar-refractivity contribution is -0.120. The van der Waals surface area contributed by atoms with Crippen LogP contribution in [0.1, 0.15) is 6.42 Å². The van der Waals surface area contributed by atoms with Gasteiger partial charge in [-0.1, -0.05) is 17.4 Å². The van der Waals surface area contributed by atoms with Gasteiger partial charge in [0.15, 0.2) is 11.7 Å². The van der Waals surface area contributed by atoms with Crippen LogP contribution in [0.4, 0.5) is 9.52 Å². The zero-order valence-corrected chi connectivity index (χ0v) is 20.0. The maximum Gasteiger partial charge on any atom is 0.266 e. The Balaban J connectivity index is 0.00000306. The van der Waals surface area contributed by atoms with E-state index < -0.39 is 0 Å². The number of carbonyl (C=O) groups is 1. The first-order valence-electron chi connectivity index (χ1n) is 10.6. The van der Waals surface area contributed by atoms with E-state index in [1.54, 1.807) is 42.3 Å². The molecule has 0 spiro atoms. The number of hydrogen-bond donors (Lipinski definition) is 0. The van der Waals surface area contributed by atoms with Crippen molar-refractivity contribution < 1.29 is 23.4 Å². The van der Waals surface area contributed by atoms with E-state index in [1.807, 2.05) is 6.07 Å². The van der Waals surface area contributed by atoms with Crippen LogP contribution in [0.5, 0.6) is 11.5 Å². The summed E-state index contributed by atoms with van der Waals surface area (Å²) in [5, 5.41) is 0.482. The predicted molar refractivity (Wildman–Crippen MR) is 130 cm³/mol. The number of fused-ring (bicyclic) bond motifs is 1. The topological polar surface area (TPSA) is 64.1 Å². The number of thiazole rings is 1. The first-order chi connectivity index (χ1) is 15.6. The summed E-state index contributed by atoms with van der Waals surface area (Å²) in [6, 6.07) is 11.9. The Morgan fingerprint density at radius 1 is 1.18 bits per heavy atom. The molecule has 7 nitrogen and oxygen atoms in total. The molecule has 3 aromatic rings. The highest BCUT2D eigenvalue weighted by molar-refractivity contribution is 7.22. The van der Waals surface area contributed by atoms with E-state index in [0.29, 0.717) is 27.9 Å². The average Bonchev–Trinajstić information content (AvgIpc) is 3.26. The number of aromatic nitrogens is 1. The fraction of sp³-hybridized carbons (Fsp3) is 0.391. The minimum absolute atomic E-state index is 0.